The molecule has 2 N–H and O–H groups in total. The van der Waals surface area contributed by atoms with E-state index in [1.807, 2.05) is 24.4 Å². The standard InChI is InChI=1S/C20H23N3O/c24-19(20-8-13-5-14(9-20)7-15(6-13)10-20)23-22-12-16-11-21-18-4-2-1-3-17(16)18/h1-4,11-15,21H,5-10H2,(H,23,24)/b22-12-. The first-order chi connectivity index (χ1) is 11.7. The first-order valence-corrected chi connectivity index (χ1v) is 9.11. The molecule has 0 atom stereocenters. The van der Waals surface area contributed by atoms with E-state index in [1.165, 1.54) is 19.3 Å². The number of aromatic nitrogens is 1. The minimum Gasteiger partial charge on any atom is -0.361 e. The SMILES string of the molecule is O=C(N/N=C\c1c[nH]c2ccccc12)C12CC3CC(CC(C3)C1)C2. The topological polar surface area (TPSA) is 57.2 Å². The second-order valence-corrected chi connectivity index (χ2v) is 8.19. The number of para-hydroxylation sites is 1. The molecule has 0 radical (unpaired) electrons. The molecule has 1 heterocycles. The minimum atomic E-state index is -0.133. The molecule has 4 bridgehead atoms. The monoisotopic (exact) mass is 321 g/mol. The molecule has 4 fully saturated rings. The van der Waals surface area contributed by atoms with Gasteiger partial charge in [-0.1, -0.05) is 18.2 Å². The van der Waals surface area contributed by atoms with Gasteiger partial charge in [-0.25, -0.2) is 5.43 Å². The predicted octanol–water partition coefficient (Wildman–Crippen LogP) is 3.83. The lowest BCUT2D eigenvalue weighted by atomic mass is 9.49. The molecule has 24 heavy (non-hydrogen) atoms. The number of aromatic amines is 1. The van der Waals surface area contributed by atoms with E-state index in [9.17, 15) is 4.79 Å². The summed E-state index contributed by atoms with van der Waals surface area (Å²) in [4.78, 5) is 16.1. The van der Waals surface area contributed by atoms with Crippen LogP contribution >= 0.6 is 0 Å². The molecule has 124 valence electrons. The average molecular weight is 321 g/mol. The smallest absolute Gasteiger partial charge is 0.246 e. The molecular formula is C20H23N3O. The van der Waals surface area contributed by atoms with Gasteiger partial charge in [-0.05, 0) is 62.3 Å². The highest BCUT2D eigenvalue weighted by atomic mass is 16.2. The van der Waals surface area contributed by atoms with Gasteiger partial charge in [0.15, 0.2) is 0 Å². The predicted molar refractivity (Wildman–Crippen MR) is 94.6 cm³/mol. The zero-order valence-corrected chi connectivity index (χ0v) is 13.8. The second kappa shape index (κ2) is 5.20. The molecule has 0 aliphatic heterocycles. The molecular weight excluding hydrogens is 298 g/mol. The van der Waals surface area contributed by atoms with Gasteiger partial charge in [0.25, 0.3) is 0 Å². The van der Waals surface area contributed by atoms with Gasteiger partial charge >= 0.3 is 0 Å². The molecule has 0 unspecified atom stereocenters. The van der Waals surface area contributed by atoms with Gasteiger partial charge < -0.3 is 4.98 Å². The maximum Gasteiger partial charge on any atom is 0.246 e. The van der Waals surface area contributed by atoms with Gasteiger partial charge in [-0.3, -0.25) is 4.79 Å². The molecule has 4 aliphatic rings. The van der Waals surface area contributed by atoms with Crippen molar-refractivity contribution in [2.24, 2.45) is 28.3 Å². The van der Waals surface area contributed by atoms with Gasteiger partial charge in [-0.15, -0.1) is 0 Å². The van der Waals surface area contributed by atoms with Crippen LogP contribution in [0.4, 0.5) is 0 Å². The number of rotatable bonds is 3. The van der Waals surface area contributed by atoms with Crippen molar-refractivity contribution in [3.63, 3.8) is 0 Å². The summed E-state index contributed by atoms with van der Waals surface area (Å²) in [6, 6.07) is 8.13. The molecule has 2 aromatic rings. The quantitative estimate of drug-likeness (QED) is 0.655. The molecule has 4 saturated carbocycles. The largest absolute Gasteiger partial charge is 0.361 e. The molecule has 1 amide bonds. The number of hydrogen-bond acceptors (Lipinski definition) is 2. The third-order valence-electron chi connectivity index (χ3n) is 6.51. The number of carbonyl (C=O) groups is 1. The van der Waals surface area contributed by atoms with E-state index in [0.717, 1.165) is 53.5 Å². The number of nitrogens with one attached hydrogen (secondary N) is 2. The third-order valence-corrected chi connectivity index (χ3v) is 6.51. The molecule has 4 aliphatic carbocycles. The zero-order chi connectivity index (χ0) is 16.1. The summed E-state index contributed by atoms with van der Waals surface area (Å²) >= 11 is 0. The van der Waals surface area contributed by atoms with Crippen LogP contribution in [0.1, 0.15) is 44.1 Å². The van der Waals surface area contributed by atoms with E-state index in [2.05, 4.69) is 21.6 Å². The Morgan fingerprint density at radius 1 is 1.12 bits per heavy atom. The number of fused-ring (bicyclic) bond motifs is 1. The number of nitrogens with zero attached hydrogens (tertiary/aromatic N) is 1. The molecule has 1 aromatic carbocycles. The Hall–Kier alpha value is -2.10. The molecule has 6 rings (SSSR count). The number of hydrazone groups is 1. The van der Waals surface area contributed by atoms with Crippen molar-refractivity contribution in [2.75, 3.05) is 0 Å². The first-order valence-electron chi connectivity index (χ1n) is 9.11. The number of benzene rings is 1. The Morgan fingerprint density at radius 2 is 1.79 bits per heavy atom. The number of H-pyrrole nitrogens is 1. The van der Waals surface area contributed by atoms with Crippen molar-refractivity contribution < 1.29 is 4.79 Å². The summed E-state index contributed by atoms with van der Waals surface area (Å²) < 4.78 is 0. The van der Waals surface area contributed by atoms with E-state index < -0.39 is 0 Å². The minimum absolute atomic E-state index is 0.133. The van der Waals surface area contributed by atoms with Gasteiger partial charge in [0.1, 0.15) is 0 Å². The fourth-order valence-corrected chi connectivity index (χ4v) is 5.87. The van der Waals surface area contributed by atoms with E-state index in [0.29, 0.717) is 0 Å². The number of amides is 1. The van der Waals surface area contributed by atoms with Gasteiger partial charge in [0, 0.05) is 22.7 Å². The van der Waals surface area contributed by atoms with Gasteiger partial charge in [0.2, 0.25) is 5.91 Å². The molecule has 4 nitrogen and oxygen atoms in total. The molecule has 1 aromatic heterocycles. The van der Waals surface area contributed by atoms with Gasteiger partial charge in [-0.2, -0.15) is 5.10 Å². The lowest BCUT2D eigenvalue weighted by Crippen LogP contribution is -2.52. The number of hydrogen-bond donors (Lipinski definition) is 2. The Bertz CT molecular complexity index is 784. The van der Waals surface area contributed by atoms with Crippen LogP contribution < -0.4 is 5.43 Å². The first kappa shape index (κ1) is 14.3. The van der Waals surface area contributed by atoms with E-state index in [4.69, 9.17) is 0 Å². The normalized spacial score (nSPS) is 34.2. The van der Waals surface area contributed by atoms with Crippen LogP contribution in [0.2, 0.25) is 0 Å². The van der Waals surface area contributed by atoms with Crippen LogP contribution in [0, 0.1) is 23.2 Å². The van der Waals surface area contributed by atoms with Crippen molar-refractivity contribution in [3.05, 3.63) is 36.0 Å². The van der Waals surface area contributed by atoms with Crippen LogP contribution in [0.15, 0.2) is 35.6 Å². The highest BCUT2D eigenvalue weighted by Gasteiger charge is 2.54. The van der Waals surface area contributed by atoms with E-state index in [-0.39, 0.29) is 11.3 Å². The van der Waals surface area contributed by atoms with E-state index >= 15 is 0 Å². The van der Waals surface area contributed by atoms with Crippen LogP contribution in [-0.4, -0.2) is 17.1 Å². The summed E-state index contributed by atoms with van der Waals surface area (Å²) in [6.45, 7) is 0. The van der Waals surface area contributed by atoms with Crippen molar-refractivity contribution in [1.82, 2.24) is 10.4 Å². The molecule has 0 saturated heterocycles. The van der Waals surface area contributed by atoms with Gasteiger partial charge in [0.05, 0.1) is 11.6 Å². The summed E-state index contributed by atoms with van der Waals surface area (Å²) in [6.07, 6.45) is 11.0. The summed E-state index contributed by atoms with van der Waals surface area (Å²) in [5, 5.41) is 5.41. The highest BCUT2D eigenvalue weighted by molar-refractivity contribution is 5.99. The summed E-state index contributed by atoms with van der Waals surface area (Å²) in [5.41, 5.74) is 4.83. The van der Waals surface area contributed by atoms with Crippen molar-refractivity contribution in [1.29, 1.82) is 0 Å². The van der Waals surface area contributed by atoms with Crippen molar-refractivity contribution in [3.8, 4) is 0 Å². The maximum absolute atomic E-state index is 12.9. The third kappa shape index (κ3) is 2.20. The lowest BCUT2D eigenvalue weighted by molar-refractivity contribution is -0.146. The van der Waals surface area contributed by atoms with Crippen molar-refractivity contribution in [2.45, 2.75) is 38.5 Å². The summed E-state index contributed by atoms with van der Waals surface area (Å²) in [7, 11) is 0. The lowest BCUT2D eigenvalue weighted by Gasteiger charge is -2.55. The van der Waals surface area contributed by atoms with E-state index in [1.54, 1.807) is 6.21 Å². The second-order valence-electron chi connectivity index (χ2n) is 8.19. The van der Waals surface area contributed by atoms with Crippen LogP contribution in [0.5, 0.6) is 0 Å². The zero-order valence-electron chi connectivity index (χ0n) is 13.8. The average Bonchev–Trinajstić information content (AvgIpc) is 2.97. The Kier molecular flexibility index (Phi) is 3.09. The Balaban J connectivity index is 1.32. The van der Waals surface area contributed by atoms with Crippen molar-refractivity contribution >= 4 is 23.0 Å². The number of carbonyl (C=O) groups excluding carboxylic acids is 1. The Morgan fingerprint density at radius 3 is 2.50 bits per heavy atom. The van der Waals surface area contributed by atoms with Crippen LogP contribution in [0.3, 0.4) is 0 Å². The Labute approximate surface area is 141 Å². The van der Waals surface area contributed by atoms with Crippen LogP contribution in [0.25, 0.3) is 10.9 Å². The fraction of sp³-hybridized carbons (Fsp3) is 0.500. The fourth-order valence-electron chi connectivity index (χ4n) is 5.87. The van der Waals surface area contributed by atoms with Crippen LogP contribution in [-0.2, 0) is 4.79 Å². The molecule has 4 heteroatoms. The summed E-state index contributed by atoms with van der Waals surface area (Å²) in [5.74, 6) is 2.48. The highest BCUT2D eigenvalue weighted by Crippen LogP contribution is 2.60. The maximum atomic E-state index is 12.9. The molecule has 0 spiro atoms.